The number of halogens is 1. The van der Waals surface area contributed by atoms with Crippen molar-refractivity contribution >= 4 is 22.9 Å². The van der Waals surface area contributed by atoms with Crippen molar-refractivity contribution in [3.63, 3.8) is 0 Å². The van der Waals surface area contributed by atoms with E-state index in [0.717, 1.165) is 56.4 Å². The molecule has 1 N–H and O–H groups in total. The van der Waals surface area contributed by atoms with E-state index in [1.165, 1.54) is 4.88 Å². The van der Waals surface area contributed by atoms with Crippen LogP contribution in [0, 0.1) is 5.92 Å². The monoisotopic (exact) mass is 329 g/mol. The highest BCUT2D eigenvalue weighted by Crippen LogP contribution is 2.42. The van der Waals surface area contributed by atoms with Gasteiger partial charge in [-0.25, -0.2) is 0 Å². The summed E-state index contributed by atoms with van der Waals surface area (Å²) < 4.78 is 12.5. The van der Waals surface area contributed by atoms with Crippen LogP contribution in [0.15, 0.2) is 12.1 Å². The van der Waals surface area contributed by atoms with Crippen molar-refractivity contribution < 1.29 is 9.47 Å². The van der Waals surface area contributed by atoms with E-state index < -0.39 is 0 Å². The number of ether oxygens (including phenoxy) is 2. The lowest BCUT2D eigenvalue weighted by atomic mass is 9.80. The quantitative estimate of drug-likeness (QED) is 0.884. The Morgan fingerprint density at radius 3 is 3.05 bits per heavy atom. The van der Waals surface area contributed by atoms with Gasteiger partial charge in [0.05, 0.1) is 16.5 Å². The molecule has 2 fully saturated rings. The summed E-state index contributed by atoms with van der Waals surface area (Å²) in [6.45, 7) is 5.69. The topological polar surface area (TPSA) is 30.5 Å². The Balaban J connectivity index is 1.75. The molecule has 2 saturated heterocycles. The molecule has 1 spiro atoms. The molecule has 3 rings (SSSR count). The highest BCUT2D eigenvalue weighted by molar-refractivity contribution is 7.16. The number of hydrogen-bond donors (Lipinski definition) is 1. The Morgan fingerprint density at radius 1 is 1.48 bits per heavy atom. The van der Waals surface area contributed by atoms with Gasteiger partial charge in [0.15, 0.2) is 0 Å². The number of thiophene rings is 1. The second-order valence-corrected chi connectivity index (χ2v) is 7.91. The minimum atomic E-state index is -0.0316. The fraction of sp³-hybridized carbons (Fsp3) is 0.750. The summed E-state index contributed by atoms with van der Waals surface area (Å²) in [5.74, 6) is 0.599. The first-order chi connectivity index (χ1) is 10.2. The molecular formula is C16H24ClNO2S. The summed E-state index contributed by atoms with van der Waals surface area (Å²) in [5, 5.41) is 3.73. The van der Waals surface area contributed by atoms with Crippen molar-refractivity contribution in [1.29, 1.82) is 0 Å². The first-order valence-electron chi connectivity index (χ1n) is 7.93. The van der Waals surface area contributed by atoms with Crippen LogP contribution in [0.3, 0.4) is 0 Å². The normalized spacial score (nSPS) is 30.9. The number of hydrogen-bond acceptors (Lipinski definition) is 4. The molecule has 3 nitrogen and oxygen atoms in total. The zero-order valence-corrected chi connectivity index (χ0v) is 14.1. The Bertz CT molecular complexity index is 459. The molecule has 0 amide bonds. The molecule has 3 unspecified atom stereocenters. The summed E-state index contributed by atoms with van der Waals surface area (Å²) in [4.78, 5) is 1.36. The molecule has 118 valence electrons. The Hall–Kier alpha value is -0.130. The maximum Gasteiger partial charge on any atom is 0.0940 e. The lowest BCUT2D eigenvalue weighted by Gasteiger charge is -2.40. The molecule has 1 aromatic heterocycles. The van der Waals surface area contributed by atoms with Crippen molar-refractivity contribution in [3.8, 4) is 0 Å². The molecule has 0 bridgehead atoms. The highest BCUT2D eigenvalue weighted by atomic mass is 35.5. The smallest absolute Gasteiger partial charge is 0.0940 e. The standard InChI is InChI=1S/C16H24ClNO2S/c1-2-7-18-15(13-3-4-14(17)21-13)12-5-8-20-16(10-12)6-9-19-11-16/h3-4,12,15,18H,2,5-11H2,1H3. The van der Waals surface area contributed by atoms with E-state index in [1.54, 1.807) is 11.3 Å². The molecule has 0 aromatic carbocycles. The second-order valence-electron chi connectivity index (χ2n) is 6.16. The van der Waals surface area contributed by atoms with Gasteiger partial charge in [0, 0.05) is 30.6 Å². The van der Waals surface area contributed by atoms with Crippen LogP contribution in [0.1, 0.15) is 43.5 Å². The van der Waals surface area contributed by atoms with E-state index in [0.29, 0.717) is 12.0 Å². The number of rotatable bonds is 5. The molecule has 1 aromatic rings. The van der Waals surface area contributed by atoms with E-state index >= 15 is 0 Å². The third-order valence-corrected chi connectivity index (χ3v) is 5.90. The Morgan fingerprint density at radius 2 is 2.38 bits per heavy atom. The molecule has 0 radical (unpaired) electrons. The van der Waals surface area contributed by atoms with Crippen LogP contribution in [0.5, 0.6) is 0 Å². The van der Waals surface area contributed by atoms with E-state index in [1.807, 2.05) is 6.07 Å². The predicted molar refractivity (Wildman–Crippen MR) is 87.2 cm³/mol. The molecule has 2 aliphatic heterocycles. The van der Waals surface area contributed by atoms with Crippen LogP contribution in [-0.2, 0) is 9.47 Å². The summed E-state index contributed by atoms with van der Waals surface area (Å²) >= 11 is 7.85. The van der Waals surface area contributed by atoms with Crippen LogP contribution in [0.2, 0.25) is 4.34 Å². The molecule has 0 saturated carbocycles. The SMILES string of the molecule is CCCNC(c1ccc(Cl)s1)C1CCOC2(CCOC2)C1. The van der Waals surface area contributed by atoms with Crippen molar-refractivity contribution in [2.75, 3.05) is 26.4 Å². The van der Waals surface area contributed by atoms with E-state index in [-0.39, 0.29) is 5.60 Å². The van der Waals surface area contributed by atoms with Gasteiger partial charge in [0.2, 0.25) is 0 Å². The van der Waals surface area contributed by atoms with E-state index in [2.05, 4.69) is 18.3 Å². The van der Waals surface area contributed by atoms with Gasteiger partial charge in [-0.05, 0) is 43.9 Å². The van der Waals surface area contributed by atoms with Crippen molar-refractivity contribution in [1.82, 2.24) is 5.32 Å². The van der Waals surface area contributed by atoms with Crippen molar-refractivity contribution in [3.05, 3.63) is 21.3 Å². The Kier molecular flexibility index (Phi) is 5.23. The maximum atomic E-state index is 6.14. The minimum absolute atomic E-state index is 0.0316. The van der Waals surface area contributed by atoms with Gasteiger partial charge in [-0.3, -0.25) is 0 Å². The fourth-order valence-electron chi connectivity index (χ4n) is 3.51. The van der Waals surface area contributed by atoms with Gasteiger partial charge >= 0.3 is 0 Å². The number of nitrogens with one attached hydrogen (secondary N) is 1. The van der Waals surface area contributed by atoms with Gasteiger partial charge < -0.3 is 14.8 Å². The van der Waals surface area contributed by atoms with E-state index in [9.17, 15) is 0 Å². The minimum Gasteiger partial charge on any atom is -0.378 e. The molecule has 0 aliphatic carbocycles. The van der Waals surface area contributed by atoms with Crippen LogP contribution < -0.4 is 5.32 Å². The summed E-state index contributed by atoms with van der Waals surface area (Å²) in [6.07, 6.45) is 4.38. The van der Waals surface area contributed by atoms with Crippen LogP contribution in [-0.4, -0.2) is 32.0 Å². The largest absolute Gasteiger partial charge is 0.378 e. The third kappa shape index (κ3) is 3.62. The van der Waals surface area contributed by atoms with Crippen molar-refractivity contribution in [2.24, 2.45) is 5.92 Å². The van der Waals surface area contributed by atoms with Gasteiger partial charge in [0.1, 0.15) is 0 Å². The summed E-state index contributed by atoms with van der Waals surface area (Å²) in [6, 6.07) is 4.58. The van der Waals surface area contributed by atoms with Gasteiger partial charge in [0.25, 0.3) is 0 Å². The first kappa shape index (κ1) is 15.8. The summed E-state index contributed by atoms with van der Waals surface area (Å²) in [7, 11) is 0. The van der Waals surface area contributed by atoms with E-state index in [4.69, 9.17) is 21.1 Å². The average molecular weight is 330 g/mol. The third-order valence-electron chi connectivity index (χ3n) is 4.58. The molecule has 2 aliphatic rings. The molecular weight excluding hydrogens is 306 g/mol. The van der Waals surface area contributed by atoms with Crippen LogP contribution >= 0.6 is 22.9 Å². The van der Waals surface area contributed by atoms with Crippen molar-refractivity contribution in [2.45, 2.75) is 44.2 Å². The van der Waals surface area contributed by atoms with Gasteiger partial charge in [-0.2, -0.15) is 0 Å². The molecule has 3 atom stereocenters. The Labute approximate surface area is 136 Å². The molecule has 21 heavy (non-hydrogen) atoms. The zero-order valence-electron chi connectivity index (χ0n) is 12.6. The van der Waals surface area contributed by atoms with Crippen LogP contribution in [0.25, 0.3) is 0 Å². The van der Waals surface area contributed by atoms with Crippen LogP contribution in [0.4, 0.5) is 0 Å². The maximum absolute atomic E-state index is 6.14. The molecule has 3 heterocycles. The lowest BCUT2D eigenvalue weighted by Crippen LogP contribution is -2.44. The lowest BCUT2D eigenvalue weighted by molar-refractivity contribution is -0.103. The molecule has 5 heteroatoms. The summed E-state index contributed by atoms with van der Waals surface area (Å²) in [5.41, 5.74) is -0.0316. The zero-order chi connectivity index (χ0) is 14.7. The second kappa shape index (κ2) is 6.97. The highest BCUT2D eigenvalue weighted by Gasteiger charge is 2.43. The first-order valence-corrected chi connectivity index (χ1v) is 9.12. The average Bonchev–Trinajstić information content (AvgIpc) is 3.10. The predicted octanol–water partition coefficient (Wildman–Crippen LogP) is 4.03. The van der Waals surface area contributed by atoms with Gasteiger partial charge in [-0.1, -0.05) is 18.5 Å². The van der Waals surface area contributed by atoms with Gasteiger partial charge in [-0.15, -0.1) is 11.3 Å². The fourth-order valence-corrected chi connectivity index (χ4v) is 4.74.